The van der Waals surface area contributed by atoms with Crippen LogP contribution in [0.5, 0.6) is 0 Å². The normalized spacial score (nSPS) is 10.5. The lowest BCUT2D eigenvalue weighted by Crippen LogP contribution is -2.09. The van der Waals surface area contributed by atoms with Crippen LogP contribution in [-0.4, -0.2) is 26.7 Å². The van der Waals surface area contributed by atoms with Crippen molar-refractivity contribution in [3.63, 3.8) is 0 Å². The first kappa shape index (κ1) is 13.3. The molecule has 0 aliphatic rings. The summed E-state index contributed by atoms with van der Waals surface area (Å²) in [7, 11) is 0. The lowest BCUT2D eigenvalue weighted by atomic mass is 10.3. The molecular formula is C12H18N6O. The smallest absolute Gasteiger partial charge is 0.245 e. The first-order valence-electron chi connectivity index (χ1n) is 6.29. The van der Waals surface area contributed by atoms with Crippen molar-refractivity contribution in [3.8, 4) is 0 Å². The van der Waals surface area contributed by atoms with Crippen LogP contribution in [0.15, 0.2) is 10.7 Å². The van der Waals surface area contributed by atoms with Gasteiger partial charge in [-0.1, -0.05) is 12.1 Å². The molecule has 19 heavy (non-hydrogen) atoms. The molecule has 7 nitrogen and oxygen atoms in total. The fourth-order valence-corrected chi connectivity index (χ4v) is 1.51. The quantitative estimate of drug-likeness (QED) is 0.821. The molecule has 2 heterocycles. The molecule has 2 N–H and O–H groups in total. The molecule has 0 aliphatic heterocycles. The van der Waals surface area contributed by atoms with Crippen LogP contribution >= 0.6 is 0 Å². The molecule has 2 aromatic heterocycles. The first-order valence-corrected chi connectivity index (χ1v) is 6.29. The zero-order chi connectivity index (χ0) is 13.7. The minimum atomic E-state index is 0.450. The minimum absolute atomic E-state index is 0.450. The van der Waals surface area contributed by atoms with E-state index in [4.69, 9.17) is 4.52 Å². The molecule has 0 fully saturated rings. The summed E-state index contributed by atoms with van der Waals surface area (Å²) >= 11 is 0. The summed E-state index contributed by atoms with van der Waals surface area (Å²) in [6, 6.07) is 0. The third-order valence-electron chi connectivity index (χ3n) is 2.48. The van der Waals surface area contributed by atoms with Gasteiger partial charge in [-0.3, -0.25) is 0 Å². The van der Waals surface area contributed by atoms with E-state index in [9.17, 15) is 0 Å². The van der Waals surface area contributed by atoms with E-state index < -0.39 is 0 Å². The third-order valence-corrected chi connectivity index (χ3v) is 2.48. The minimum Gasteiger partial charge on any atom is -0.361 e. The Balaban J connectivity index is 2.02. The molecule has 0 bridgehead atoms. The van der Waals surface area contributed by atoms with E-state index in [1.165, 1.54) is 0 Å². The Morgan fingerprint density at radius 2 is 2.05 bits per heavy atom. The van der Waals surface area contributed by atoms with E-state index in [0.29, 0.717) is 24.2 Å². The predicted octanol–water partition coefficient (Wildman–Crippen LogP) is 1.91. The van der Waals surface area contributed by atoms with Crippen molar-refractivity contribution in [3.05, 3.63) is 23.5 Å². The van der Waals surface area contributed by atoms with E-state index in [2.05, 4.69) is 37.7 Å². The van der Waals surface area contributed by atoms with Gasteiger partial charge in [0.1, 0.15) is 5.82 Å². The second-order valence-corrected chi connectivity index (χ2v) is 4.24. The molecule has 102 valence electrons. The van der Waals surface area contributed by atoms with Gasteiger partial charge in [0.25, 0.3) is 0 Å². The maximum atomic E-state index is 5.04. The monoisotopic (exact) mass is 262 g/mol. The highest BCUT2D eigenvalue weighted by Gasteiger charge is 2.06. The van der Waals surface area contributed by atoms with Crippen molar-refractivity contribution >= 4 is 11.8 Å². The van der Waals surface area contributed by atoms with Gasteiger partial charge in [0.2, 0.25) is 11.8 Å². The summed E-state index contributed by atoms with van der Waals surface area (Å²) in [5, 5.41) is 10.1. The summed E-state index contributed by atoms with van der Waals surface area (Å²) < 4.78 is 5.04. The summed E-state index contributed by atoms with van der Waals surface area (Å²) in [6.45, 7) is 7.14. The number of hydrogen-bond donors (Lipinski definition) is 2. The van der Waals surface area contributed by atoms with E-state index in [-0.39, 0.29) is 0 Å². The number of aromatic nitrogens is 4. The van der Waals surface area contributed by atoms with Crippen LogP contribution in [0, 0.1) is 13.8 Å². The Morgan fingerprint density at radius 1 is 1.21 bits per heavy atom. The van der Waals surface area contributed by atoms with Crippen LogP contribution in [0.3, 0.4) is 0 Å². The fourth-order valence-electron chi connectivity index (χ4n) is 1.51. The highest BCUT2D eigenvalue weighted by Crippen LogP contribution is 2.13. The zero-order valence-electron chi connectivity index (χ0n) is 11.4. The van der Waals surface area contributed by atoms with Gasteiger partial charge in [0.05, 0.1) is 6.54 Å². The van der Waals surface area contributed by atoms with Gasteiger partial charge in [0, 0.05) is 18.3 Å². The lowest BCUT2D eigenvalue weighted by molar-refractivity contribution is 0.379. The van der Waals surface area contributed by atoms with Crippen LogP contribution in [0.25, 0.3) is 0 Å². The molecule has 0 unspecified atom stereocenters. The van der Waals surface area contributed by atoms with E-state index >= 15 is 0 Å². The molecule has 0 radical (unpaired) electrons. The molecular weight excluding hydrogens is 244 g/mol. The van der Waals surface area contributed by atoms with Crippen molar-refractivity contribution in [1.29, 1.82) is 0 Å². The number of hydrogen-bond acceptors (Lipinski definition) is 7. The van der Waals surface area contributed by atoms with Crippen LogP contribution in [0.2, 0.25) is 0 Å². The lowest BCUT2D eigenvalue weighted by Gasteiger charge is -2.09. The van der Waals surface area contributed by atoms with E-state index in [1.54, 1.807) is 13.1 Å². The maximum absolute atomic E-state index is 5.04. The molecule has 0 aromatic carbocycles. The summed E-state index contributed by atoms with van der Waals surface area (Å²) in [6.07, 6.45) is 2.81. The number of anilines is 2. The number of rotatable bonds is 6. The second kappa shape index (κ2) is 6.12. The maximum Gasteiger partial charge on any atom is 0.245 e. The number of nitrogens with zero attached hydrogens (tertiary/aromatic N) is 4. The van der Waals surface area contributed by atoms with Crippen molar-refractivity contribution in [1.82, 2.24) is 20.1 Å². The van der Waals surface area contributed by atoms with Gasteiger partial charge in [-0.2, -0.15) is 9.97 Å². The Hall–Kier alpha value is -2.18. The van der Waals surface area contributed by atoms with Gasteiger partial charge in [-0.05, 0) is 20.3 Å². The average molecular weight is 262 g/mol. The van der Waals surface area contributed by atoms with Crippen molar-refractivity contribution in [2.75, 3.05) is 17.2 Å². The zero-order valence-corrected chi connectivity index (χ0v) is 11.4. The second-order valence-electron chi connectivity index (χ2n) is 4.24. The Morgan fingerprint density at radius 3 is 2.74 bits per heavy atom. The fraction of sp³-hybridized carbons (Fsp3) is 0.500. The molecule has 0 saturated carbocycles. The highest BCUT2D eigenvalue weighted by molar-refractivity contribution is 5.46. The predicted molar refractivity (Wildman–Crippen MR) is 71.9 cm³/mol. The Labute approximate surface area is 111 Å². The molecule has 0 saturated heterocycles. The Bertz CT molecular complexity index is 539. The molecule has 7 heteroatoms. The number of aryl methyl sites for hydroxylation is 2. The van der Waals surface area contributed by atoms with E-state index in [0.717, 1.165) is 24.3 Å². The molecule has 0 amide bonds. The Kier molecular flexibility index (Phi) is 4.27. The van der Waals surface area contributed by atoms with Crippen LogP contribution in [0.1, 0.15) is 30.6 Å². The van der Waals surface area contributed by atoms with Crippen LogP contribution in [-0.2, 0) is 6.54 Å². The van der Waals surface area contributed by atoms with Gasteiger partial charge in [0.15, 0.2) is 5.82 Å². The molecule has 0 spiro atoms. The van der Waals surface area contributed by atoms with Gasteiger partial charge < -0.3 is 15.2 Å². The first-order chi connectivity index (χ1) is 9.19. The standard InChI is InChI=1S/C12H18N6O/c1-4-5-13-12-15-6-8(2)11(17-12)14-7-10-16-9(3)18-19-10/h6H,4-5,7H2,1-3H3,(H2,13,14,15,17). The molecule has 2 rings (SSSR count). The molecule has 0 aliphatic carbocycles. The molecule has 2 aromatic rings. The van der Waals surface area contributed by atoms with Crippen LogP contribution in [0.4, 0.5) is 11.8 Å². The SMILES string of the molecule is CCCNc1ncc(C)c(NCc2nc(C)no2)n1. The van der Waals surface area contributed by atoms with Crippen LogP contribution < -0.4 is 10.6 Å². The summed E-state index contributed by atoms with van der Waals surface area (Å²) in [5.74, 6) is 2.56. The number of nitrogens with one attached hydrogen (secondary N) is 2. The van der Waals surface area contributed by atoms with Gasteiger partial charge in [-0.25, -0.2) is 4.98 Å². The van der Waals surface area contributed by atoms with E-state index in [1.807, 2.05) is 6.92 Å². The third kappa shape index (κ3) is 3.64. The van der Waals surface area contributed by atoms with Gasteiger partial charge >= 0.3 is 0 Å². The summed E-state index contributed by atoms with van der Waals surface area (Å²) in [4.78, 5) is 12.8. The summed E-state index contributed by atoms with van der Waals surface area (Å²) in [5.41, 5.74) is 0.971. The largest absolute Gasteiger partial charge is 0.361 e. The highest BCUT2D eigenvalue weighted by atomic mass is 16.5. The van der Waals surface area contributed by atoms with Crippen molar-refractivity contribution in [2.45, 2.75) is 33.7 Å². The van der Waals surface area contributed by atoms with Crippen molar-refractivity contribution < 1.29 is 4.52 Å². The van der Waals surface area contributed by atoms with Gasteiger partial charge in [-0.15, -0.1) is 0 Å². The molecule has 0 atom stereocenters. The van der Waals surface area contributed by atoms with Crippen molar-refractivity contribution in [2.24, 2.45) is 0 Å². The topological polar surface area (TPSA) is 88.8 Å². The average Bonchev–Trinajstić information content (AvgIpc) is 2.82.